The van der Waals surface area contributed by atoms with Crippen LogP contribution in [0.4, 0.5) is 10.8 Å². The van der Waals surface area contributed by atoms with Gasteiger partial charge in [-0.3, -0.25) is 14.9 Å². The largest absolute Gasteiger partial charge is 0.494 e. The molecule has 138 valence electrons. The first kappa shape index (κ1) is 17.3. The molecule has 0 aliphatic carbocycles. The molecule has 4 rings (SSSR count). The molecule has 7 nitrogen and oxygen atoms in total. The van der Waals surface area contributed by atoms with Crippen LogP contribution in [-0.2, 0) is 9.59 Å². The Kier molecular flexibility index (Phi) is 4.41. The van der Waals surface area contributed by atoms with Crippen molar-refractivity contribution in [2.45, 2.75) is 13.0 Å². The van der Waals surface area contributed by atoms with E-state index in [0.29, 0.717) is 27.8 Å². The zero-order chi connectivity index (χ0) is 19.0. The fraction of sp³-hybridized carbons (Fsp3) is 0.211. The second-order valence-corrected chi connectivity index (χ2v) is 7.05. The van der Waals surface area contributed by atoms with E-state index in [0.717, 1.165) is 4.70 Å². The van der Waals surface area contributed by atoms with Gasteiger partial charge in [0.1, 0.15) is 17.0 Å². The molecule has 0 radical (unpaired) electrons. The maximum Gasteiger partial charge on any atom is 0.269 e. The molecular weight excluding hydrogens is 366 g/mol. The third-order valence-electron chi connectivity index (χ3n) is 4.28. The highest BCUT2D eigenvalue weighted by molar-refractivity contribution is 7.22. The van der Waals surface area contributed by atoms with Crippen molar-refractivity contribution in [3.05, 3.63) is 42.5 Å². The normalized spacial score (nSPS) is 15.8. The average Bonchev–Trinajstić information content (AvgIpc) is 3.09. The van der Waals surface area contributed by atoms with Gasteiger partial charge in [-0.05, 0) is 24.3 Å². The van der Waals surface area contributed by atoms with E-state index in [1.54, 1.807) is 30.2 Å². The number of hydrogen-bond donors (Lipinski definition) is 1. The van der Waals surface area contributed by atoms with Gasteiger partial charge in [-0.15, -0.1) is 0 Å². The Hall–Kier alpha value is -3.13. The molecule has 0 saturated heterocycles. The quantitative estimate of drug-likeness (QED) is 0.752. The second kappa shape index (κ2) is 6.88. The molecule has 1 atom stereocenters. The lowest BCUT2D eigenvalue weighted by Gasteiger charge is -2.33. The molecule has 3 aromatic rings. The maximum absolute atomic E-state index is 12.7. The number of carbonyl (C=O) groups is 2. The van der Waals surface area contributed by atoms with Gasteiger partial charge in [0.2, 0.25) is 5.91 Å². The Morgan fingerprint density at radius 1 is 1.26 bits per heavy atom. The molecule has 0 saturated carbocycles. The van der Waals surface area contributed by atoms with Gasteiger partial charge in [0.05, 0.1) is 24.0 Å². The minimum absolute atomic E-state index is 0.145. The predicted molar refractivity (Wildman–Crippen MR) is 104 cm³/mol. The Morgan fingerprint density at radius 2 is 2.07 bits per heavy atom. The van der Waals surface area contributed by atoms with E-state index in [2.05, 4.69) is 10.3 Å². The molecule has 8 heteroatoms. The van der Waals surface area contributed by atoms with Crippen molar-refractivity contribution in [1.82, 2.24) is 4.98 Å². The van der Waals surface area contributed by atoms with Crippen molar-refractivity contribution < 1.29 is 19.1 Å². The van der Waals surface area contributed by atoms with Crippen LogP contribution in [0.15, 0.2) is 42.5 Å². The van der Waals surface area contributed by atoms with Crippen LogP contribution in [0.3, 0.4) is 0 Å². The zero-order valence-electron chi connectivity index (χ0n) is 14.8. The van der Waals surface area contributed by atoms with Crippen molar-refractivity contribution in [3.8, 4) is 11.5 Å². The molecule has 1 aliphatic rings. The van der Waals surface area contributed by atoms with E-state index in [-0.39, 0.29) is 18.4 Å². The number of fused-ring (bicyclic) bond motifs is 2. The summed E-state index contributed by atoms with van der Waals surface area (Å²) in [7, 11) is 1.58. The van der Waals surface area contributed by atoms with Crippen LogP contribution in [0, 0.1) is 0 Å². The topological polar surface area (TPSA) is 80.8 Å². The highest BCUT2D eigenvalue weighted by atomic mass is 32.1. The van der Waals surface area contributed by atoms with E-state index in [9.17, 15) is 9.59 Å². The number of benzene rings is 2. The summed E-state index contributed by atoms with van der Waals surface area (Å²) in [5.74, 6) is 0.655. The zero-order valence-corrected chi connectivity index (χ0v) is 15.6. The van der Waals surface area contributed by atoms with Gasteiger partial charge in [0, 0.05) is 6.92 Å². The summed E-state index contributed by atoms with van der Waals surface area (Å²) < 4.78 is 12.0. The average molecular weight is 383 g/mol. The number of rotatable bonds is 3. The monoisotopic (exact) mass is 383 g/mol. The van der Waals surface area contributed by atoms with Crippen LogP contribution in [0.5, 0.6) is 11.5 Å². The van der Waals surface area contributed by atoms with Crippen LogP contribution in [0.25, 0.3) is 10.2 Å². The van der Waals surface area contributed by atoms with E-state index < -0.39 is 6.10 Å². The molecule has 1 aromatic heterocycles. The van der Waals surface area contributed by atoms with Crippen molar-refractivity contribution >= 4 is 44.2 Å². The molecular formula is C19H17N3O4S. The molecule has 2 heterocycles. The number of ether oxygens (including phenoxy) is 2. The minimum Gasteiger partial charge on any atom is -0.494 e. The summed E-state index contributed by atoms with van der Waals surface area (Å²) in [6.45, 7) is 1.61. The standard InChI is InChI=1S/C19H17N3O4S/c1-11(23)22-10-15(26-13-7-4-3-6-12(13)22)18(24)21-19-20-17-14(25-2)8-5-9-16(17)27-19/h3-9,15H,10H2,1-2H3,(H,20,21,24)/t15-/m1/s1. The third-order valence-corrected chi connectivity index (χ3v) is 5.21. The van der Waals surface area contributed by atoms with E-state index in [1.807, 2.05) is 24.3 Å². The molecule has 0 spiro atoms. The molecule has 27 heavy (non-hydrogen) atoms. The Labute approximate surface area is 159 Å². The predicted octanol–water partition coefficient (Wildman–Crippen LogP) is 3.06. The summed E-state index contributed by atoms with van der Waals surface area (Å²) >= 11 is 1.35. The minimum atomic E-state index is -0.822. The summed E-state index contributed by atoms with van der Waals surface area (Å²) in [6.07, 6.45) is -0.822. The van der Waals surface area contributed by atoms with Crippen LogP contribution in [-0.4, -0.2) is 36.6 Å². The lowest BCUT2D eigenvalue weighted by Crippen LogP contribution is -2.48. The lowest BCUT2D eigenvalue weighted by atomic mass is 10.2. The fourth-order valence-corrected chi connectivity index (χ4v) is 3.88. The van der Waals surface area contributed by atoms with Crippen molar-refractivity contribution in [2.24, 2.45) is 0 Å². The van der Waals surface area contributed by atoms with Gasteiger partial charge in [-0.25, -0.2) is 4.98 Å². The van der Waals surface area contributed by atoms with Crippen LogP contribution < -0.4 is 19.7 Å². The second-order valence-electron chi connectivity index (χ2n) is 6.02. The number of anilines is 2. The number of nitrogens with one attached hydrogen (secondary N) is 1. The van der Waals surface area contributed by atoms with Crippen LogP contribution in [0.1, 0.15) is 6.92 Å². The summed E-state index contributed by atoms with van der Waals surface area (Å²) in [5.41, 5.74) is 1.36. The first-order chi connectivity index (χ1) is 13.1. The lowest BCUT2D eigenvalue weighted by molar-refractivity contribution is -0.123. The Balaban J connectivity index is 1.58. The molecule has 1 N–H and O–H groups in total. The van der Waals surface area contributed by atoms with E-state index in [4.69, 9.17) is 9.47 Å². The third kappa shape index (κ3) is 3.19. The molecule has 0 unspecified atom stereocenters. The number of amides is 2. The molecule has 0 fully saturated rings. The summed E-state index contributed by atoms with van der Waals surface area (Å²) in [6, 6.07) is 12.8. The Morgan fingerprint density at radius 3 is 2.85 bits per heavy atom. The summed E-state index contributed by atoms with van der Waals surface area (Å²) in [4.78, 5) is 30.7. The number of para-hydroxylation sites is 3. The van der Waals surface area contributed by atoms with Gasteiger partial charge in [-0.2, -0.15) is 0 Å². The van der Waals surface area contributed by atoms with Crippen molar-refractivity contribution in [2.75, 3.05) is 23.9 Å². The van der Waals surface area contributed by atoms with Crippen LogP contribution >= 0.6 is 11.3 Å². The van der Waals surface area contributed by atoms with Gasteiger partial charge in [0.25, 0.3) is 5.91 Å². The number of thiazole rings is 1. The van der Waals surface area contributed by atoms with E-state index in [1.165, 1.54) is 18.3 Å². The van der Waals surface area contributed by atoms with Gasteiger partial charge in [0.15, 0.2) is 11.2 Å². The Bertz CT molecular complexity index is 1030. The molecule has 0 bridgehead atoms. The van der Waals surface area contributed by atoms with Crippen LogP contribution in [0.2, 0.25) is 0 Å². The molecule has 2 amide bonds. The number of carbonyl (C=O) groups excluding carboxylic acids is 2. The SMILES string of the molecule is COc1cccc2sc(NC(=O)[C@H]3CN(C(C)=O)c4ccccc4O3)nc12. The first-order valence-electron chi connectivity index (χ1n) is 8.35. The fourth-order valence-electron chi connectivity index (χ4n) is 3.00. The maximum atomic E-state index is 12.7. The van der Waals surface area contributed by atoms with E-state index >= 15 is 0 Å². The number of methoxy groups -OCH3 is 1. The van der Waals surface area contributed by atoms with Crippen molar-refractivity contribution in [3.63, 3.8) is 0 Å². The number of hydrogen-bond acceptors (Lipinski definition) is 6. The highest BCUT2D eigenvalue weighted by Crippen LogP contribution is 2.35. The van der Waals surface area contributed by atoms with Crippen molar-refractivity contribution in [1.29, 1.82) is 0 Å². The highest BCUT2D eigenvalue weighted by Gasteiger charge is 2.33. The molecule has 1 aliphatic heterocycles. The smallest absolute Gasteiger partial charge is 0.269 e. The summed E-state index contributed by atoms with van der Waals surface area (Å²) in [5, 5.41) is 3.25. The van der Waals surface area contributed by atoms with Gasteiger partial charge in [-0.1, -0.05) is 29.5 Å². The van der Waals surface area contributed by atoms with Gasteiger partial charge < -0.3 is 14.4 Å². The van der Waals surface area contributed by atoms with Gasteiger partial charge >= 0.3 is 0 Å². The molecule has 2 aromatic carbocycles. The number of nitrogens with zero attached hydrogens (tertiary/aromatic N) is 2. The number of aromatic nitrogens is 1. The first-order valence-corrected chi connectivity index (χ1v) is 9.16.